The van der Waals surface area contributed by atoms with Crippen molar-refractivity contribution in [3.63, 3.8) is 0 Å². The average molecular weight is 258 g/mol. The van der Waals surface area contributed by atoms with Gasteiger partial charge in [-0.2, -0.15) is 0 Å². The Balaban J connectivity index is 3.11. The molecule has 0 bridgehead atoms. The van der Waals surface area contributed by atoms with E-state index in [1.807, 2.05) is 0 Å². The highest BCUT2D eigenvalue weighted by molar-refractivity contribution is 6.04. The fraction of sp³-hybridized carbons (Fsp3) is 1.00. The van der Waals surface area contributed by atoms with Crippen LogP contribution in [0.4, 0.5) is 0 Å². The van der Waals surface area contributed by atoms with Crippen molar-refractivity contribution in [1.82, 2.24) is 4.98 Å². The van der Waals surface area contributed by atoms with Crippen LogP contribution in [0.5, 0.6) is 0 Å². The predicted molar refractivity (Wildman–Crippen MR) is 83.6 cm³/mol. The SMILES string of the molecule is CCCCCCCCCCCC(CCC)N[SiH3]. The first-order chi connectivity index (χ1) is 8.35. The van der Waals surface area contributed by atoms with Gasteiger partial charge in [0.1, 0.15) is 0 Å². The maximum atomic E-state index is 3.57. The van der Waals surface area contributed by atoms with Crippen molar-refractivity contribution in [3.8, 4) is 0 Å². The van der Waals surface area contributed by atoms with E-state index in [4.69, 9.17) is 0 Å². The third-order valence-corrected chi connectivity index (χ3v) is 4.52. The van der Waals surface area contributed by atoms with E-state index in [9.17, 15) is 0 Å². The summed E-state index contributed by atoms with van der Waals surface area (Å²) in [5, 5.41) is 0. The number of hydrogen-bond donors (Lipinski definition) is 1. The van der Waals surface area contributed by atoms with E-state index < -0.39 is 0 Å². The molecule has 1 atom stereocenters. The van der Waals surface area contributed by atoms with E-state index in [1.165, 1.54) is 77.0 Å². The molecule has 0 heterocycles. The second kappa shape index (κ2) is 14.2. The lowest BCUT2D eigenvalue weighted by molar-refractivity contribution is 0.482. The van der Waals surface area contributed by atoms with Gasteiger partial charge in [0.15, 0.2) is 0 Å². The molecule has 0 saturated heterocycles. The number of rotatable bonds is 13. The molecular weight excluding hydrogens is 222 g/mol. The number of nitrogens with one attached hydrogen (secondary N) is 1. The van der Waals surface area contributed by atoms with E-state index in [0.717, 1.165) is 16.4 Å². The highest BCUT2D eigenvalue weighted by Crippen LogP contribution is 2.12. The summed E-state index contributed by atoms with van der Waals surface area (Å²) in [7, 11) is 1.16. The molecule has 0 spiro atoms. The Morgan fingerprint density at radius 2 is 1.24 bits per heavy atom. The number of hydrogen-bond acceptors (Lipinski definition) is 1. The van der Waals surface area contributed by atoms with Crippen molar-refractivity contribution in [2.45, 2.75) is 96.9 Å². The van der Waals surface area contributed by atoms with Crippen LogP contribution >= 0.6 is 0 Å². The van der Waals surface area contributed by atoms with Gasteiger partial charge in [-0.05, 0) is 18.9 Å². The zero-order valence-electron chi connectivity index (χ0n) is 12.6. The normalized spacial score (nSPS) is 13.1. The standard InChI is InChI=1S/C15H35NSi/c1-3-5-6-7-8-9-10-11-12-14-15(16-17)13-4-2/h15-16H,3-14H2,1-2,17H3. The van der Waals surface area contributed by atoms with E-state index in [2.05, 4.69) is 18.8 Å². The van der Waals surface area contributed by atoms with Gasteiger partial charge in [-0.15, -0.1) is 0 Å². The summed E-state index contributed by atoms with van der Waals surface area (Å²) in [6.07, 6.45) is 17.1. The summed E-state index contributed by atoms with van der Waals surface area (Å²) >= 11 is 0. The Morgan fingerprint density at radius 3 is 1.71 bits per heavy atom. The van der Waals surface area contributed by atoms with Crippen LogP contribution in [0.1, 0.15) is 90.9 Å². The van der Waals surface area contributed by atoms with Crippen molar-refractivity contribution in [3.05, 3.63) is 0 Å². The molecule has 0 rings (SSSR count). The van der Waals surface area contributed by atoms with Crippen molar-refractivity contribution >= 4 is 10.4 Å². The van der Waals surface area contributed by atoms with E-state index >= 15 is 0 Å². The first kappa shape index (κ1) is 17.2. The van der Waals surface area contributed by atoms with E-state index in [1.54, 1.807) is 0 Å². The molecule has 2 heteroatoms. The Kier molecular flexibility index (Phi) is 14.4. The van der Waals surface area contributed by atoms with Crippen LogP contribution in [0.15, 0.2) is 0 Å². The lowest BCUT2D eigenvalue weighted by atomic mass is 10.0. The second-order valence-electron chi connectivity index (χ2n) is 5.39. The molecule has 0 amide bonds. The molecular formula is C15H35NSi. The van der Waals surface area contributed by atoms with Crippen molar-refractivity contribution in [2.24, 2.45) is 0 Å². The molecule has 0 aliphatic heterocycles. The van der Waals surface area contributed by atoms with Crippen molar-refractivity contribution in [2.75, 3.05) is 0 Å². The monoisotopic (exact) mass is 257 g/mol. The van der Waals surface area contributed by atoms with Gasteiger partial charge in [0.2, 0.25) is 0 Å². The summed E-state index contributed by atoms with van der Waals surface area (Å²) < 4.78 is 0. The van der Waals surface area contributed by atoms with Gasteiger partial charge in [-0.3, -0.25) is 0 Å². The Morgan fingerprint density at radius 1 is 0.706 bits per heavy atom. The van der Waals surface area contributed by atoms with Crippen molar-refractivity contribution < 1.29 is 0 Å². The molecule has 104 valence electrons. The quantitative estimate of drug-likeness (QED) is 0.389. The third kappa shape index (κ3) is 12.4. The minimum atomic E-state index is 0.830. The fourth-order valence-electron chi connectivity index (χ4n) is 2.48. The maximum absolute atomic E-state index is 3.57. The first-order valence-electron chi connectivity index (χ1n) is 8.02. The minimum Gasteiger partial charge on any atom is -0.343 e. The van der Waals surface area contributed by atoms with Crippen LogP contribution in [0.2, 0.25) is 0 Å². The van der Waals surface area contributed by atoms with Gasteiger partial charge < -0.3 is 4.98 Å². The Labute approximate surface area is 113 Å². The maximum Gasteiger partial charge on any atom is 0.0752 e. The summed E-state index contributed by atoms with van der Waals surface area (Å²) in [5.41, 5.74) is 0. The molecule has 1 unspecified atom stereocenters. The summed E-state index contributed by atoms with van der Waals surface area (Å²) in [4.78, 5) is 3.57. The molecule has 17 heavy (non-hydrogen) atoms. The number of unbranched alkanes of at least 4 members (excludes halogenated alkanes) is 8. The Bertz CT molecular complexity index is 139. The van der Waals surface area contributed by atoms with E-state index in [0.29, 0.717) is 0 Å². The van der Waals surface area contributed by atoms with Crippen LogP contribution in [-0.4, -0.2) is 16.4 Å². The molecule has 0 fully saturated rings. The van der Waals surface area contributed by atoms with Gasteiger partial charge in [-0.25, -0.2) is 0 Å². The molecule has 0 radical (unpaired) electrons. The lowest BCUT2D eigenvalue weighted by Gasteiger charge is -2.14. The summed E-state index contributed by atoms with van der Waals surface area (Å²) in [6.45, 7) is 4.58. The van der Waals surface area contributed by atoms with Gasteiger partial charge in [-0.1, -0.05) is 78.1 Å². The van der Waals surface area contributed by atoms with Gasteiger partial charge in [0.05, 0.1) is 10.4 Å². The third-order valence-electron chi connectivity index (χ3n) is 3.70. The minimum absolute atomic E-state index is 0.830. The largest absolute Gasteiger partial charge is 0.343 e. The van der Waals surface area contributed by atoms with Crippen LogP contribution in [-0.2, 0) is 0 Å². The summed E-state index contributed by atoms with van der Waals surface area (Å²) in [6, 6.07) is 0.830. The Hall–Kier alpha value is 0.177. The van der Waals surface area contributed by atoms with Crippen molar-refractivity contribution in [1.29, 1.82) is 0 Å². The first-order valence-corrected chi connectivity index (χ1v) is 9.02. The zero-order chi connectivity index (χ0) is 12.8. The molecule has 0 aromatic carbocycles. The van der Waals surface area contributed by atoms with Gasteiger partial charge in [0, 0.05) is 0 Å². The van der Waals surface area contributed by atoms with Crippen LogP contribution < -0.4 is 4.98 Å². The predicted octanol–water partition coefficient (Wildman–Crippen LogP) is 3.95. The highest BCUT2D eigenvalue weighted by atomic mass is 28.2. The lowest BCUT2D eigenvalue weighted by Crippen LogP contribution is -2.26. The van der Waals surface area contributed by atoms with Crippen LogP contribution in [0.3, 0.4) is 0 Å². The molecule has 0 saturated carbocycles. The molecule has 0 aromatic rings. The smallest absolute Gasteiger partial charge is 0.0752 e. The molecule has 0 aromatic heterocycles. The second-order valence-corrected chi connectivity index (χ2v) is 5.97. The van der Waals surface area contributed by atoms with Gasteiger partial charge in [0.25, 0.3) is 0 Å². The highest BCUT2D eigenvalue weighted by Gasteiger charge is 2.03. The summed E-state index contributed by atoms with van der Waals surface area (Å²) in [5.74, 6) is 0. The van der Waals surface area contributed by atoms with Gasteiger partial charge >= 0.3 is 0 Å². The molecule has 0 aliphatic carbocycles. The zero-order valence-corrected chi connectivity index (χ0v) is 14.6. The molecule has 1 N–H and O–H groups in total. The van der Waals surface area contributed by atoms with Crippen LogP contribution in [0.25, 0.3) is 0 Å². The van der Waals surface area contributed by atoms with E-state index in [-0.39, 0.29) is 0 Å². The topological polar surface area (TPSA) is 12.0 Å². The fourth-order valence-corrected chi connectivity index (χ4v) is 3.06. The molecule has 1 nitrogen and oxygen atoms in total. The molecule has 0 aliphatic rings. The average Bonchev–Trinajstić information content (AvgIpc) is 2.35. The van der Waals surface area contributed by atoms with Crippen LogP contribution in [0, 0.1) is 0 Å².